The highest BCUT2D eigenvalue weighted by molar-refractivity contribution is 5.98. The summed E-state index contributed by atoms with van der Waals surface area (Å²) >= 11 is 0. The fraction of sp³-hybridized carbons (Fsp3) is 0.479. The number of aromatic nitrogens is 2. The molecule has 26 heteroatoms. The smallest absolute Gasteiger partial charge is 0.305 e. The maximum atomic E-state index is 14.2. The minimum Gasteiger partial charge on any atom is -0.508 e. The van der Waals surface area contributed by atoms with Gasteiger partial charge in [0.05, 0.1) is 25.9 Å². The molecule has 0 saturated heterocycles. The van der Waals surface area contributed by atoms with E-state index >= 15 is 0 Å². The number of aromatic hydroxyl groups is 1. The Bertz CT molecular complexity index is 2350. The lowest BCUT2D eigenvalue weighted by atomic mass is 10.0. The Morgan fingerprint density at radius 2 is 1.16 bits per heavy atom. The number of carbonyl (C=O) groups excluding carboxylic acids is 9. The molecule has 18 N–H and O–H groups in total. The third kappa shape index (κ3) is 21.4. The van der Waals surface area contributed by atoms with Crippen LogP contribution in [0.3, 0.4) is 0 Å². The summed E-state index contributed by atoms with van der Waals surface area (Å²) in [6, 6.07) is 2.90. The van der Waals surface area contributed by atoms with Crippen LogP contribution in [0.25, 0.3) is 0 Å². The average Bonchev–Trinajstić information content (AvgIpc) is 3.87. The number of primary amides is 1. The van der Waals surface area contributed by atoms with Crippen LogP contribution < -0.4 is 59.7 Å². The predicted octanol–water partition coefficient (Wildman–Crippen LogP) is -3.87. The molecule has 0 aliphatic carbocycles. The molecule has 0 radical (unpaired) electrons. The summed E-state index contributed by atoms with van der Waals surface area (Å²) in [6.45, 7) is 3.74. The Kier molecular flexibility index (Phi) is 25.1. The number of phenolic OH excluding ortho intramolecular Hbond substituents is 1. The van der Waals surface area contributed by atoms with Crippen molar-refractivity contribution < 1.29 is 63.3 Å². The zero-order valence-corrected chi connectivity index (χ0v) is 41.4. The number of carboxylic acid groups (broad SMARTS) is 1. The molecule has 74 heavy (non-hydrogen) atoms. The number of hydrogen-bond donors (Lipinski definition) is 15. The van der Waals surface area contributed by atoms with E-state index in [-0.39, 0.29) is 56.7 Å². The molecule has 404 valence electrons. The number of nitrogens with one attached hydrogen (secondary N) is 9. The third-order valence-corrected chi connectivity index (χ3v) is 11.2. The molecule has 0 bridgehead atoms. The molecule has 1 heterocycles. The average molecular weight is 1040 g/mol. The van der Waals surface area contributed by atoms with E-state index in [1.165, 1.54) is 43.7 Å². The van der Waals surface area contributed by atoms with Gasteiger partial charge in [-0.25, -0.2) is 4.98 Å². The highest BCUT2D eigenvalue weighted by Gasteiger charge is 2.35. The van der Waals surface area contributed by atoms with Crippen LogP contribution in [0.5, 0.6) is 5.75 Å². The van der Waals surface area contributed by atoms with Crippen molar-refractivity contribution in [2.75, 3.05) is 19.7 Å². The number of H-pyrrole nitrogens is 1. The quantitative estimate of drug-likeness (QED) is 0.0266. The highest BCUT2D eigenvalue weighted by atomic mass is 16.4. The van der Waals surface area contributed by atoms with Crippen LogP contribution in [0.2, 0.25) is 0 Å². The number of benzene rings is 2. The van der Waals surface area contributed by atoms with Crippen molar-refractivity contribution in [2.24, 2.45) is 23.1 Å². The van der Waals surface area contributed by atoms with Crippen LogP contribution in [0.4, 0.5) is 0 Å². The van der Waals surface area contributed by atoms with Gasteiger partial charge < -0.3 is 80.0 Å². The molecule has 0 fully saturated rings. The van der Waals surface area contributed by atoms with Gasteiger partial charge in [0.2, 0.25) is 53.2 Å². The van der Waals surface area contributed by atoms with E-state index < -0.39 is 127 Å². The first-order valence-corrected chi connectivity index (χ1v) is 23.9. The molecule has 26 nitrogen and oxygen atoms in total. The van der Waals surface area contributed by atoms with Crippen LogP contribution in [0, 0.1) is 5.92 Å². The fourth-order valence-electron chi connectivity index (χ4n) is 7.18. The van der Waals surface area contributed by atoms with Crippen LogP contribution in [0.15, 0.2) is 67.1 Å². The van der Waals surface area contributed by atoms with Gasteiger partial charge in [-0.05, 0) is 68.3 Å². The highest BCUT2D eigenvalue weighted by Crippen LogP contribution is 2.13. The standard InChI is InChI=1S/C48H69N13O13/c1-26(2)17-34(45(71)55-27(3)41(51)67)56-39(64)23-53-43(69)35(19-29-12-14-31(63)15-13-29)59-44(70)33(11-7-8-16-49)57-48(74)38(21-40(65)66)61-47(73)37(20-30-22-52-25-54-30)60-46(72)36(58-42(68)32(50)24-62)18-28-9-5-4-6-10-28/h4-6,9-10,12-15,22,25-27,32-38,62-63H,7-8,11,16-21,23-24,49-50H2,1-3H3,(H2,51,67)(H,52,54)(H,53,69)(H,55,71)(H,56,64)(H,57,74)(H,58,68)(H,59,70)(H,60,72)(H,61,73)(H,65,66)/t27-,32-,33-,34-,35-,36-,37-,38-/m0/s1. The molecule has 3 rings (SSSR count). The second-order valence-corrected chi connectivity index (χ2v) is 17.9. The summed E-state index contributed by atoms with van der Waals surface area (Å²) in [4.78, 5) is 140. The molecule has 2 aromatic carbocycles. The monoisotopic (exact) mass is 1040 g/mol. The minimum atomic E-state index is -1.87. The van der Waals surface area contributed by atoms with E-state index in [1.807, 2.05) is 0 Å². The van der Waals surface area contributed by atoms with Gasteiger partial charge in [0.25, 0.3) is 0 Å². The van der Waals surface area contributed by atoms with Crippen molar-refractivity contribution in [2.45, 2.75) is 120 Å². The first kappa shape index (κ1) is 60.3. The van der Waals surface area contributed by atoms with Crippen LogP contribution in [-0.4, -0.2) is 152 Å². The number of aliphatic hydroxyl groups excluding tert-OH is 1. The molecule has 8 atom stereocenters. The summed E-state index contributed by atoms with van der Waals surface area (Å²) in [5.41, 5.74) is 18.1. The first-order valence-electron chi connectivity index (χ1n) is 23.9. The molecular weight excluding hydrogens is 967 g/mol. The number of hydrogen-bond acceptors (Lipinski definition) is 15. The zero-order chi connectivity index (χ0) is 54.9. The maximum Gasteiger partial charge on any atom is 0.305 e. The predicted molar refractivity (Wildman–Crippen MR) is 265 cm³/mol. The lowest BCUT2D eigenvalue weighted by molar-refractivity contribution is -0.141. The SMILES string of the molecule is CC(C)C[C@H](NC(=O)CNC(=O)[C@H](Cc1ccc(O)cc1)NC(=O)[C@H](CCCCN)NC(=O)[C@H](CC(=O)O)NC(=O)[C@H](Cc1cnc[nH]1)NC(=O)[C@H](Cc1ccccc1)NC(=O)[C@@H](N)CO)C(=O)N[C@@H](C)C(N)=O. The molecule has 0 aliphatic rings. The molecule has 0 saturated carbocycles. The maximum absolute atomic E-state index is 14.2. The second kappa shape index (κ2) is 30.8. The Hall–Kier alpha value is -7.97. The van der Waals surface area contributed by atoms with E-state index in [0.717, 1.165) is 0 Å². The van der Waals surface area contributed by atoms with E-state index in [2.05, 4.69) is 52.5 Å². The topological polar surface area (TPSA) is 434 Å². The number of aliphatic carboxylic acids is 1. The summed E-state index contributed by atoms with van der Waals surface area (Å²) in [5.74, 6) is -9.80. The van der Waals surface area contributed by atoms with Crippen molar-refractivity contribution >= 4 is 59.1 Å². The van der Waals surface area contributed by atoms with Gasteiger partial charge in [-0.15, -0.1) is 0 Å². The Labute approximate surface area is 426 Å². The second-order valence-electron chi connectivity index (χ2n) is 17.9. The van der Waals surface area contributed by atoms with Crippen molar-refractivity contribution in [3.05, 3.63) is 83.9 Å². The normalized spacial score (nSPS) is 14.3. The van der Waals surface area contributed by atoms with Crippen molar-refractivity contribution in [3.63, 3.8) is 0 Å². The Morgan fingerprint density at radius 1 is 0.635 bits per heavy atom. The minimum absolute atomic E-state index is 0.0847. The Morgan fingerprint density at radius 3 is 1.72 bits per heavy atom. The van der Waals surface area contributed by atoms with Crippen molar-refractivity contribution in [1.82, 2.24) is 52.5 Å². The molecule has 1 aromatic heterocycles. The summed E-state index contributed by atoms with van der Waals surface area (Å²) < 4.78 is 0. The number of aliphatic hydroxyl groups is 1. The van der Waals surface area contributed by atoms with Gasteiger partial charge in [-0.2, -0.15) is 0 Å². The third-order valence-electron chi connectivity index (χ3n) is 11.2. The number of imidazole rings is 1. The summed E-state index contributed by atoms with van der Waals surface area (Å²) in [5, 5.41) is 49.1. The number of carboxylic acids is 1. The fourth-order valence-corrected chi connectivity index (χ4v) is 7.18. The van der Waals surface area contributed by atoms with Gasteiger partial charge in [0, 0.05) is 31.2 Å². The van der Waals surface area contributed by atoms with E-state index in [0.29, 0.717) is 23.2 Å². The van der Waals surface area contributed by atoms with E-state index in [9.17, 15) is 63.3 Å². The molecular formula is C48H69N13O13. The lowest BCUT2D eigenvalue weighted by Gasteiger charge is -2.27. The number of aromatic amines is 1. The largest absolute Gasteiger partial charge is 0.508 e. The van der Waals surface area contributed by atoms with Crippen LogP contribution in [0.1, 0.15) is 69.7 Å². The van der Waals surface area contributed by atoms with Gasteiger partial charge >= 0.3 is 5.97 Å². The lowest BCUT2D eigenvalue weighted by Crippen LogP contribution is -2.60. The van der Waals surface area contributed by atoms with Crippen LogP contribution >= 0.6 is 0 Å². The van der Waals surface area contributed by atoms with Crippen molar-refractivity contribution in [3.8, 4) is 5.75 Å². The van der Waals surface area contributed by atoms with Crippen molar-refractivity contribution in [1.29, 1.82) is 0 Å². The van der Waals surface area contributed by atoms with Gasteiger partial charge in [-0.3, -0.25) is 47.9 Å². The van der Waals surface area contributed by atoms with Gasteiger partial charge in [0.15, 0.2) is 0 Å². The zero-order valence-electron chi connectivity index (χ0n) is 41.4. The van der Waals surface area contributed by atoms with E-state index in [1.54, 1.807) is 44.2 Å². The number of rotatable bonds is 32. The molecule has 3 aromatic rings. The van der Waals surface area contributed by atoms with E-state index in [4.69, 9.17) is 17.2 Å². The van der Waals surface area contributed by atoms with Gasteiger partial charge in [0.1, 0.15) is 54.1 Å². The molecule has 0 unspecified atom stereocenters. The summed E-state index contributed by atoms with van der Waals surface area (Å²) in [6.07, 6.45) is 1.74. The van der Waals surface area contributed by atoms with Gasteiger partial charge in [-0.1, -0.05) is 56.3 Å². The Balaban J connectivity index is 1.89. The first-order chi connectivity index (χ1) is 35.1. The molecule has 0 spiro atoms. The summed E-state index contributed by atoms with van der Waals surface area (Å²) in [7, 11) is 0. The number of carbonyl (C=O) groups is 10. The number of unbranched alkanes of at least 4 members (excludes halogenated alkanes) is 1. The molecule has 0 aliphatic heterocycles. The molecule has 9 amide bonds. The number of nitrogens with two attached hydrogens (primary N) is 3. The number of nitrogens with zero attached hydrogens (tertiary/aromatic N) is 1. The number of phenols is 1. The number of amides is 9. The van der Waals surface area contributed by atoms with Crippen LogP contribution in [-0.2, 0) is 67.2 Å².